The molecule has 3 rings (SSSR count). The number of aromatic nitrogens is 1. The number of thiophene rings is 1. The Morgan fingerprint density at radius 2 is 2.29 bits per heavy atom. The molecule has 21 heavy (non-hydrogen) atoms. The molecule has 1 amide bonds. The van der Waals surface area contributed by atoms with Crippen molar-refractivity contribution in [1.82, 2.24) is 10.3 Å². The van der Waals surface area contributed by atoms with E-state index in [1.54, 1.807) is 6.20 Å². The van der Waals surface area contributed by atoms with E-state index >= 15 is 0 Å². The second-order valence-corrected chi connectivity index (χ2v) is 7.36. The van der Waals surface area contributed by atoms with Crippen molar-refractivity contribution in [2.45, 2.75) is 13.0 Å². The molecule has 3 aromatic rings. The Bertz CT molecular complexity index is 798. The Balaban J connectivity index is 1.92. The second-order valence-electron chi connectivity index (χ2n) is 4.52. The molecule has 1 atom stereocenters. The fourth-order valence-corrected chi connectivity index (χ4v) is 4.48. The van der Waals surface area contributed by atoms with Crippen molar-refractivity contribution >= 4 is 60.3 Å². The Morgan fingerprint density at radius 3 is 2.95 bits per heavy atom. The van der Waals surface area contributed by atoms with Gasteiger partial charge in [-0.3, -0.25) is 4.79 Å². The molecule has 7 heteroatoms. The topological polar surface area (TPSA) is 68.0 Å². The average Bonchev–Trinajstić information content (AvgIpc) is 3.07. The first-order chi connectivity index (χ1) is 10.1. The minimum atomic E-state index is -0.164. The number of hydrogen-bond donors (Lipinski definition) is 2. The number of nitrogens with two attached hydrogens (primary N) is 1. The zero-order valence-electron chi connectivity index (χ0n) is 11.1. The predicted molar refractivity (Wildman–Crippen MR) is 91.9 cm³/mol. The van der Waals surface area contributed by atoms with E-state index in [0.717, 1.165) is 19.6 Å². The lowest BCUT2D eigenvalue weighted by atomic mass is 10.2. The second kappa shape index (κ2) is 5.75. The fourth-order valence-electron chi connectivity index (χ4n) is 2.07. The largest absolute Gasteiger partial charge is 0.397 e. The molecule has 0 aliphatic carbocycles. The van der Waals surface area contributed by atoms with Crippen LogP contribution in [-0.2, 0) is 0 Å². The number of nitrogens with zero attached hydrogens (tertiary/aromatic N) is 1. The van der Waals surface area contributed by atoms with Crippen molar-refractivity contribution in [1.29, 1.82) is 0 Å². The van der Waals surface area contributed by atoms with Crippen LogP contribution in [0, 0.1) is 0 Å². The van der Waals surface area contributed by atoms with Crippen LogP contribution in [0.1, 0.15) is 27.6 Å². The summed E-state index contributed by atoms with van der Waals surface area (Å²) in [5, 5.41) is 6.61. The first-order valence-electron chi connectivity index (χ1n) is 6.24. The Hall–Kier alpha value is -1.44. The van der Waals surface area contributed by atoms with Crippen molar-refractivity contribution in [3.8, 4) is 0 Å². The summed E-state index contributed by atoms with van der Waals surface area (Å²) in [6.45, 7) is 1.91. The lowest BCUT2D eigenvalue weighted by Crippen LogP contribution is -2.26. The molecule has 0 spiro atoms. The van der Waals surface area contributed by atoms with E-state index in [9.17, 15) is 4.79 Å². The van der Waals surface area contributed by atoms with Gasteiger partial charge in [0, 0.05) is 26.1 Å². The lowest BCUT2D eigenvalue weighted by Gasteiger charge is -2.10. The number of carbonyl (C=O) groups excluding carboxylic acids is 1. The number of halogens is 1. The summed E-state index contributed by atoms with van der Waals surface area (Å²) in [7, 11) is 0. The highest BCUT2D eigenvalue weighted by Gasteiger charge is 2.20. The van der Waals surface area contributed by atoms with Crippen LogP contribution in [0.2, 0.25) is 0 Å². The summed E-state index contributed by atoms with van der Waals surface area (Å²) < 4.78 is 1.90. The van der Waals surface area contributed by atoms with Crippen LogP contribution in [0.3, 0.4) is 0 Å². The van der Waals surface area contributed by atoms with Gasteiger partial charge in [-0.15, -0.1) is 22.7 Å². The van der Waals surface area contributed by atoms with Crippen LogP contribution < -0.4 is 11.1 Å². The molecule has 1 aromatic carbocycles. The summed E-state index contributed by atoms with van der Waals surface area (Å²) in [5.74, 6) is -0.164. The minimum Gasteiger partial charge on any atom is -0.397 e. The van der Waals surface area contributed by atoms with E-state index in [-0.39, 0.29) is 11.9 Å². The molecule has 0 radical (unpaired) electrons. The fraction of sp³-hybridized carbons (Fsp3) is 0.143. The first kappa shape index (κ1) is 14.5. The van der Waals surface area contributed by atoms with Gasteiger partial charge < -0.3 is 11.1 Å². The summed E-state index contributed by atoms with van der Waals surface area (Å²) in [6.07, 6.45) is 1.73. The van der Waals surface area contributed by atoms with E-state index in [4.69, 9.17) is 5.73 Å². The number of nitrogens with one attached hydrogen (secondary N) is 1. The number of carbonyl (C=O) groups is 1. The van der Waals surface area contributed by atoms with Crippen molar-refractivity contribution in [3.63, 3.8) is 0 Å². The van der Waals surface area contributed by atoms with E-state index in [1.807, 2.05) is 30.5 Å². The highest BCUT2D eigenvalue weighted by molar-refractivity contribution is 9.10. The maximum atomic E-state index is 12.4. The highest BCUT2D eigenvalue weighted by Crippen LogP contribution is 2.38. The number of amides is 1. The van der Waals surface area contributed by atoms with Crippen LogP contribution in [0.25, 0.3) is 10.1 Å². The number of anilines is 1. The molecule has 2 aromatic heterocycles. The molecular formula is C14H12BrN3OS2. The van der Waals surface area contributed by atoms with E-state index in [1.165, 1.54) is 22.7 Å². The van der Waals surface area contributed by atoms with Gasteiger partial charge in [0.1, 0.15) is 9.88 Å². The summed E-state index contributed by atoms with van der Waals surface area (Å²) in [4.78, 5) is 17.2. The van der Waals surface area contributed by atoms with Crippen molar-refractivity contribution in [2.24, 2.45) is 0 Å². The monoisotopic (exact) mass is 381 g/mol. The van der Waals surface area contributed by atoms with E-state index in [2.05, 4.69) is 26.2 Å². The quantitative estimate of drug-likeness (QED) is 0.714. The van der Waals surface area contributed by atoms with Gasteiger partial charge in [-0.25, -0.2) is 4.98 Å². The van der Waals surface area contributed by atoms with Crippen LogP contribution >= 0.6 is 38.6 Å². The van der Waals surface area contributed by atoms with Gasteiger partial charge in [-0.2, -0.15) is 0 Å². The molecular weight excluding hydrogens is 370 g/mol. The molecule has 0 aliphatic rings. The number of fused-ring (bicyclic) bond motifs is 1. The zero-order valence-corrected chi connectivity index (χ0v) is 14.3. The highest BCUT2D eigenvalue weighted by atomic mass is 79.9. The Kier molecular flexibility index (Phi) is 3.97. The molecule has 0 saturated heterocycles. The van der Waals surface area contributed by atoms with Gasteiger partial charge in [0.2, 0.25) is 0 Å². The van der Waals surface area contributed by atoms with Crippen molar-refractivity contribution in [2.75, 3.05) is 5.73 Å². The third kappa shape index (κ3) is 2.68. The van der Waals surface area contributed by atoms with Gasteiger partial charge in [0.05, 0.1) is 11.7 Å². The molecule has 0 aliphatic heterocycles. The molecule has 4 nitrogen and oxygen atoms in total. The van der Waals surface area contributed by atoms with Gasteiger partial charge >= 0.3 is 0 Å². The molecule has 0 fully saturated rings. The number of nitrogen functional groups attached to an aromatic ring is 1. The molecule has 3 N–H and O–H groups in total. The van der Waals surface area contributed by atoms with Crippen LogP contribution in [0.4, 0.5) is 5.69 Å². The Morgan fingerprint density at radius 1 is 1.48 bits per heavy atom. The summed E-state index contributed by atoms with van der Waals surface area (Å²) >= 11 is 6.40. The van der Waals surface area contributed by atoms with Gasteiger partial charge in [0.15, 0.2) is 0 Å². The lowest BCUT2D eigenvalue weighted by molar-refractivity contribution is 0.0945. The molecule has 0 bridgehead atoms. The summed E-state index contributed by atoms with van der Waals surface area (Å²) in [5.41, 5.74) is 6.66. The number of benzene rings is 1. The third-order valence-corrected chi connectivity index (χ3v) is 5.87. The van der Waals surface area contributed by atoms with Gasteiger partial charge in [-0.05, 0) is 19.1 Å². The molecule has 1 unspecified atom stereocenters. The van der Waals surface area contributed by atoms with Crippen LogP contribution in [0.5, 0.6) is 0 Å². The minimum absolute atomic E-state index is 0.134. The molecule has 0 saturated carbocycles. The van der Waals surface area contributed by atoms with E-state index < -0.39 is 0 Å². The van der Waals surface area contributed by atoms with Gasteiger partial charge in [0.25, 0.3) is 5.91 Å². The number of hydrogen-bond acceptors (Lipinski definition) is 5. The van der Waals surface area contributed by atoms with Crippen molar-refractivity contribution < 1.29 is 4.79 Å². The Labute approximate surface area is 138 Å². The number of rotatable bonds is 3. The maximum absolute atomic E-state index is 12.4. The van der Waals surface area contributed by atoms with Crippen LogP contribution in [0.15, 0.2) is 34.2 Å². The first-order valence-corrected chi connectivity index (χ1v) is 8.73. The molecule has 2 heterocycles. The van der Waals surface area contributed by atoms with Gasteiger partial charge in [-0.1, -0.05) is 22.0 Å². The number of thiazole rings is 1. The average molecular weight is 382 g/mol. The normalized spacial score (nSPS) is 12.5. The van der Waals surface area contributed by atoms with E-state index in [0.29, 0.717) is 10.6 Å². The third-order valence-electron chi connectivity index (χ3n) is 3.08. The van der Waals surface area contributed by atoms with Crippen molar-refractivity contribution in [3.05, 3.63) is 44.1 Å². The predicted octanol–water partition coefficient (Wildman–Crippen LogP) is 4.19. The zero-order chi connectivity index (χ0) is 15.0. The SMILES string of the molecule is CC(NC(=O)c1sc2cccc(Br)c2c1N)c1nccs1. The molecule has 108 valence electrons. The smallest absolute Gasteiger partial charge is 0.264 e. The maximum Gasteiger partial charge on any atom is 0.264 e. The van der Waals surface area contributed by atoms with Crippen LogP contribution in [-0.4, -0.2) is 10.9 Å². The summed E-state index contributed by atoms with van der Waals surface area (Å²) in [6, 6.07) is 5.68. The standard InChI is InChI=1S/C14H12BrN3OS2/c1-7(14-17-5-6-20-14)18-13(19)12-11(16)10-8(15)3-2-4-9(10)21-12/h2-7H,16H2,1H3,(H,18,19).